The second kappa shape index (κ2) is 2.72. The predicted molar refractivity (Wildman–Crippen MR) is 44.5 cm³/mol. The molecule has 1 N–H and O–H groups in total. The Labute approximate surface area is 65.1 Å². The van der Waals surface area contributed by atoms with Gasteiger partial charge in [0, 0.05) is 17.3 Å². The summed E-state index contributed by atoms with van der Waals surface area (Å²) in [5.74, 6) is 0.806. The van der Waals surface area contributed by atoms with E-state index in [-0.39, 0.29) is 0 Å². The van der Waals surface area contributed by atoms with Crippen LogP contribution in [0.1, 0.15) is 17.2 Å². The van der Waals surface area contributed by atoms with Crippen LogP contribution in [0.15, 0.2) is 17.5 Å². The van der Waals surface area contributed by atoms with Gasteiger partial charge in [0.05, 0.1) is 0 Å². The molecule has 1 atom stereocenters. The highest BCUT2D eigenvalue weighted by Gasteiger charge is 2.16. The fraction of sp³-hybridized carbons (Fsp3) is 0.500. The molecular weight excluding hydrogens is 142 g/mol. The van der Waals surface area contributed by atoms with Gasteiger partial charge in [-0.2, -0.15) is 0 Å². The average Bonchev–Trinajstić information content (AvgIpc) is 2.59. The van der Waals surface area contributed by atoms with E-state index in [4.69, 9.17) is 0 Å². The molecule has 0 saturated carbocycles. The van der Waals surface area contributed by atoms with Crippen molar-refractivity contribution in [2.75, 3.05) is 13.1 Å². The SMILES string of the molecule is c1csc([C@H]2CCNC2)c1. The lowest BCUT2D eigenvalue weighted by Gasteiger charge is -2.02. The normalized spacial score (nSPS) is 25.4. The molecule has 1 aromatic heterocycles. The Hall–Kier alpha value is -0.340. The third kappa shape index (κ3) is 1.09. The molecule has 0 amide bonds. The molecule has 0 aliphatic carbocycles. The van der Waals surface area contributed by atoms with E-state index in [1.807, 2.05) is 11.3 Å². The summed E-state index contributed by atoms with van der Waals surface area (Å²) >= 11 is 1.88. The Kier molecular flexibility index (Phi) is 1.74. The van der Waals surface area contributed by atoms with Crippen molar-refractivity contribution in [1.29, 1.82) is 0 Å². The van der Waals surface area contributed by atoms with E-state index in [1.54, 1.807) is 4.88 Å². The lowest BCUT2D eigenvalue weighted by atomic mass is 10.1. The highest BCUT2D eigenvalue weighted by molar-refractivity contribution is 7.10. The van der Waals surface area contributed by atoms with E-state index in [0.717, 1.165) is 5.92 Å². The van der Waals surface area contributed by atoms with E-state index in [1.165, 1.54) is 19.5 Å². The quantitative estimate of drug-likeness (QED) is 0.649. The maximum Gasteiger partial charge on any atom is 0.00893 e. The first-order valence-corrected chi connectivity index (χ1v) is 4.59. The second-order valence-electron chi connectivity index (χ2n) is 2.71. The van der Waals surface area contributed by atoms with Crippen molar-refractivity contribution in [3.8, 4) is 0 Å². The van der Waals surface area contributed by atoms with Gasteiger partial charge in [-0.25, -0.2) is 0 Å². The Bertz CT molecular complexity index is 187. The Morgan fingerprint density at radius 2 is 2.60 bits per heavy atom. The van der Waals surface area contributed by atoms with E-state index >= 15 is 0 Å². The van der Waals surface area contributed by atoms with Gasteiger partial charge in [-0.15, -0.1) is 11.3 Å². The van der Waals surface area contributed by atoms with Crippen LogP contribution in [0.5, 0.6) is 0 Å². The first-order chi connectivity index (χ1) is 4.97. The first-order valence-electron chi connectivity index (χ1n) is 3.71. The van der Waals surface area contributed by atoms with Crippen molar-refractivity contribution in [2.24, 2.45) is 0 Å². The molecule has 54 valence electrons. The van der Waals surface area contributed by atoms with Gasteiger partial charge in [-0.1, -0.05) is 6.07 Å². The third-order valence-corrected chi connectivity index (χ3v) is 3.04. The standard InChI is InChI=1S/C8H11NS/c1-2-8(10-5-1)7-3-4-9-6-7/h1-2,5,7,9H,3-4,6H2/t7-/m0/s1. The van der Waals surface area contributed by atoms with Gasteiger partial charge < -0.3 is 5.32 Å². The molecule has 1 saturated heterocycles. The molecule has 0 spiro atoms. The highest BCUT2D eigenvalue weighted by atomic mass is 32.1. The number of rotatable bonds is 1. The van der Waals surface area contributed by atoms with Crippen molar-refractivity contribution < 1.29 is 0 Å². The van der Waals surface area contributed by atoms with Crippen LogP contribution in [-0.4, -0.2) is 13.1 Å². The van der Waals surface area contributed by atoms with Crippen LogP contribution < -0.4 is 5.32 Å². The van der Waals surface area contributed by atoms with Crippen LogP contribution in [-0.2, 0) is 0 Å². The van der Waals surface area contributed by atoms with E-state index in [0.29, 0.717) is 0 Å². The Morgan fingerprint density at radius 1 is 1.60 bits per heavy atom. The highest BCUT2D eigenvalue weighted by Crippen LogP contribution is 2.25. The second-order valence-corrected chi connectivity index (χ2v) is 3.68. The fourth-order valence-electron chi connectivity index (χ4n) is 1.42. The minimum atomic E-state index is 0.806. The van der Waals surface area contributed by atoms with Crippen LogP contribution >= 0.6 is 11.3 Å². The lowest BCUT2D eigenvalue weighted by molar-refractivity contribution is 0.779. The smallest absolute Gasteiger partial charge is 0.00893 e. The summed E-state index contributed by atoms with van der Waals surface area (Å²) < 4.78 is 0. The number of thiophene rings is 1. The number of hydrogen-bond donors (Lipinski definition) is 1. The molecule has 2 heteroatoms. The zero-order chi connectivity index (χ0) is 6.81. The maximum atomic E-state index is 3.37. The van der Waals surface area contributed by atoms with Crippen LogP contribution in [0, 0.1) is 0 Å². The molecule has 2 heterocycles. The Balaban J connectivity index is 2.12. The molecule has 0 radical (unpaired) electrons. The topological polar surface area (TPSA) is 12.0 Å². The minimum absolute atomic E-state index is 0.806. The van der Waals surface area contributed by atoms with Gasteiger partial charge in [0.25, 0.3) is 0 Å². The van der Waals surface area contributed by atoms with E-state index in [2.05, 4.69) is 22.8 Å². The average molecular weight is 153 g/mol. The monoisotopic (exact) mass is 153 g/mol. The maximum absolute atomic E-state index is 3.37. The van der Waals surface area contributed by atoms with Crippen molar-refractivity contribution >= 4 is 11.3 Å². The third-order valence-electron chi connectivity index (χ3n) is 2.01. The minimum Gasteiger partial charge on any atom is -0.316 e. The molecular formula is C8H11NS. The summed E-state index contributed by atoms with van der Waals surface area (Å²) in [6.07, 6.45) is 1.32. The lowest BCUT2D eigenvalue weighted by Crippen LogP contribution is -2.07. The van der Waals surface area contributed by atoms with Crippen LogP contribution in [0.25, 0.3) is 0 Å². The molecule has 0 aromatic carbocycles. The van der Waals surface area contributed by atoms with Crippen LogP contribution in [0.2, 0.25) is 0 Å². The van der Waals surface area contributed by atoms with Crippen molar-refractivity contribution in [3.05, 3.63) is 22.4 Å². The molecule has 1 fully saturated rings. The van der Waals surface area contributed by atoms with Crippen molar-refractivity contribution in [1.82, 2.24) is 5.32 Å². The van der Waals surface area contributed by atoms with Crippen LogP contribution in [0.4, 0.5) is 0 Å². The van der Waals surface area contributed by atoms with Gasteiger partial charge in [0.2, 0.25) is 0 Å². The first kappa shape index (κ1) is 6.38. The summed E-state index contributed by atoms with van der Waals surface area (Å²) in [5, 5.41) is 5.53. The van der Waals surface area contributed by atoms with Gasteiger partial charge in [0.1, 0.15) is 0 Å². The number of nitrogens with one attached hydrogen (secondary N) is 1. The van der Waals surface area contributed by atoms with Crippen molar-refractivity contribution in [2.45, 2.75) is 12.3 Å². The molecule has 1 aliphatic rings. The molecule has 1 aliphatic heterocycles. The molecule has 2 rings (SSSR count). The van der Waals surface area contributed by atoms with Gasteiger partial charge in [0.15, 0.2) is 0 Å². The van der Waals surface area contributed by atoms with Gasteiger partial charge >= 0.3 is 0 Å². The summed E-state index contributed by atoms with van der Waals surface area (Å²) in [7, 11) is 0. The van der Waals surface area contributed by atoms with Crippen molar-refractivity contribution in [3.63, 3.8) is 0 Å². The predicted octanol–water partition coefficient (Wildman–Crippen LogP) is 1.82. The van der Waals surface area contributed by atoms with Gasteiger partial charge in [-0.3, -0.25) is 0 Å². The molecule has 1 nitrogen and oxygen atoms in total. The number of hydrogen-bond acceptors (Lipinski definition) is 2. The van der Waals surface area contributed by atoms with Crippen LogP contribution in [0.3, 0.4) is 0 Å². The Morgan fingerprint density at radius 3 is 3.20 bits per heavy atom. The molecule has 10 heavy (non-hydrogen) atoms. The molecule has 0 unspecified atom stereocenters. The van der Waals surface area contributed by atoms with Gasteiger partial charge in [-0.05, 0) is 24.4 Å². The van der Waals surface area contributed by atoms with E-state index in [9.17, 15) is 0 Å². The van der Waals surface area contributed by atoms with E-state index < -0.39 is 0 Å². The fourth-order valence-corrected chi connectivity index (χ4v) is 2.29. The molecule has 1 aromatic rings. The zero-order valence-corrected chi connectivity index (χ0v) is 6.66. The molecule has 0 bridgehead atoms. The summed E-state index contributed by atoms with van der Waals surface area (Å²) in [4.78, 5) is 1.55. The zero-order valence-electron chi connectivity index (χ0n) is 5.84. The summed E-state index contributed by atoms with van der Waals surface area (Å²) in [6, 6.07) is 4.38. The summed E-state index contributed by atoms with van der Waals surface area (Å²) in [6.45, 7) is 2.38. The summed E-state index contributed by atoms with van der Waals surface area (Å²) in [5.41, 5.74) is 0. The largest absolute Gasteiger partial charge is 0.316 e.